The average molecular weight is 1650 g/mol. The van der Waals surface area contributed by atoms with Crippen LogP contribution in [0, 0.1) is 27.7 Å². The Bertz CT molecular complexity index is 7700. The second-order valence-corrected chi connectivity index (χ2v) is 34.0. The zero-order valence-corrected chi connectivity index (χ0v) is 71.3. The van der Waals surface area contributed by atoms with Gasteiger partial charge >= 0.3 is 0 Å². The third kappa shape index (κ3) is 15.6. The van der Waals surface area contributed by atoms with E-state index in [9.17, 15) is 0 Å². The van der Waals surface area contributed by atoms with Crippen molar-refractivity contribution in [3.05, 3.63) is 435 Å². The molecule has 0 saturated carbocycles. The largest absolute Gasteiger partial charge is 0.258 e. The highest BCUT2D eigenvalue weighted by Gasteiger charge is 2.24. The molecule has 0 aliphatic heterocycles. The van der Waals surface area contributed by atoms with Gasteiger partial charge in [0.25, 0.3) is 0 Å². The number of fused-ring (bicyclic) bond motifs is 6. The molecule has 0 radical (unpaired) electrons. The van der Waals surface area contributed by atoms with Gasteiger partial charge in [0.1, 0.15) is 0 Å². The van der Waals surface area contributed by atoms with Crippen molar-refractivity contribution < 1.29 is 0 Å². The lowest BCUT2D eigenvalue weighted by molar-refractivity contribution is 1.07. The van der Waals surface area contributed by atoms with Crippen LogP contribution in [0.15, 0.2) is 413 Å². The highest BCUT2D eigenvalue weighted by atomic mass is 32.1. The summed E-state index contributed by atoms with van der Waals surface area (Å²) in [4.78, 5) is 40.6. The van der Waals surface area contributed by atoms with Gasteiger partial charge in [-0.05, 0) is 195 Å². The molecule has 6 aromatic heterocycles. The van der Waals surface area contributed by atoms with Crippen LogP contribution in [0.2, 0.25) is 0 Å². The highest BCUT2D eigenvalue weighted by Crippen LogP contribution is 2.48. The van der Waals surface area contributed by atoms with Crippen LogP contribution in [0.1, 0.15) is 22.8 Å². The molecule has 126 heavy (non-hydrogen) atoms. The lowest BCUT2D eigenvalue weighted by Crippen LogP contribution is -2.00. The van der Waals surface area contributed by atoms with Crippen LogP contribution in [0.5, 0.6) is 0 Å². The molecule has 0 bridgehead atoms. The normalized spacial score (nSPS) is 11.3. The smallest absolute Gasteiger partial charge is 0.164 e. The average Bonchev–Trinajstić information content (AvgIpc) is 0.980. The monoisotopic (exact) mass is 1650 g/mol. The Morgan fingerprint density at radius 2 is 0.405 bits per heavy atom. The highest BCUT2D eigenvalue weighted by molar-refractivity contribution is 7.26. The Balaban J connectivity index is 0.000000154. The van der Waals surface area contributed by atoms with Gasteiger partial charge in [-0.3, -0.25) is 9.97 Å². The minimum absolute atomic E-state index is 0.613. The van der Waals surface area contributed by atoms with E-state index in [-0.39, 0.29) is 0 Å². The van der Waals surface area contributed by atoms with E-state index in [0.717, 1.165) is 112 Å². The summed E-state index contributed by atoms with van der Waals surface area (Å²) in [6, 6.07) is 146. The van der Waals surface area contributed by atoms with Crippen LogP contribution in [-0.4, -0.2) is 39.9 Å². The SMILES string of the molecule is Cc1ccc(-c2ccc(-c3nc(-c4ccc(-c5c(-c6ccccc6)cc(-c6ccccc6)cc5-c5ccccc5)cc4)nc(-c4ccc5c(c4)sc4ccccc45)n3)cc2)c(C)n1.Cc1ccc(-c2cccc(-c3nc(-c4ccc(-c5c(-c6ccccc6)cc(-c6ccccc6)cc5-c5ccccc5)cc4)nc(-c4ccc5c(c4)sc4ccccc45)n3)c2)c(C)n1. The summed E-state index contributed by atoms with van der Waals surface area (Å²) in [5.41, 5.74) is 32.5. The molecule has 6 heterocycles. The third-order valence-corrected chi connectivity index (χ3v) is 25.8. The molecule has 0 atom stereocenters. The first-order chi connectivity index (χ1) is 62.0. The molecule has 8 nitrogen and oxygen atoms in total. The summed E-state index contributed by atoms with van der Waals surface area (Å²) >= 11 is 3.59. The standard InChI is InChI=1S/2C58H40N4S/c1-37-25-31-48(38(2)59-37)44-21-14-22-45(33-44)57-60-56(61-58(62-57)46-30-32-50-49-23-12-13-24-53(49)63-54(50)36-46)43-28-26-42(27-29-43)55-51(40-17-8-4-9-18-40)34-47(39-15-6-3-7-16-39)35-52(55)41-19-10-5-11-20-41;1-37-22-32-48(38(2)59-37)42-23-27-44(28-24-42)56-60-57(62-58(61-56)46-31-33-50-49-20-12-13-21-53(49)63-54(50)36-46)45-29-25-43(26-30-45)55-51(40-16-8-4-9-17-40)34-47(39-14-6-3-7-15-39)35-52(55)41-18-10-5-11-19-41/h2*3-36H,1-2H3. The number of rotatable bonds is 16. The molecule has 0 unspecified atom stereocenters. The van der Waals surface area contributed by atoms with Crippen molar-refractivity contribution in [2.24, 2.45) is 0 Å². The van der Waals surface area contributed by atoms with Gasteiger partial charge in [-0.25, -0.2) is 29.9 Å². The molecule has 0 fully saturated rings. The summed E-state index contributed by atoms with van der Waals surface area (Å²) in [6.07, 6.45) is 0. The van der Waals surface area contributed by atoms with E-state index >= 15 is 0 Å². The number of hydrogen-bond donors (Lipinski definition) is 0. The lowest BCUT2D eigenvalue weighted by atomic mass is 9.84. The number of hydrogen-bond acceptors (Lipinski definition) is 10. The fraction of sp³-hybridized carbons (Fsp3) is 0.0345. The minimum atomic E-state index is 0.613. The van der Waals surface area contributed by atoms with Crippen LogP contribution in [0.25, 0.3) is 220 Å². The van der Waals surface area contributed by atoms with Crippen molar-refractivity contribution in [2.45, 2.75) is 27.7 Å². The number of nitrogens with zero attached hydrogens (tertiary/aromatic N) is 8. The summed E-state index contributed by atoms with van der Waals surface area (Å²) < 4.78 is 4.93. The van der Waals surface area contributed by atoms with Crippen molar-refractivity contribution >= 4 is 63.0 Å². The van der Waals surface area contributed by atoms with Gasteiger partial charge in [0, 0.05) is 108 Å². The van der Waals surface area contributed by atoms with Crippen molar-refractivity contribution in [3.8, 4) is 180 Å². The van der Waals surface area contributed by atoms with Crippen LogP contribution in [0.3, 0.4) is 0 Å². The van der Waals surface area contributed by atoms with Crippen molar-refractivity contribution in [1.82, 2.24) is 39.9 Å². The Hall–Kier alpha value is -15.7. The first-order valence-corrected chi connectivity index (χ1v) is 44.0. The van der Waals surface area contributed by atoms with Crippen LogP contribution < -0.4 is 0 Å². The number of aromatic nitrogens is 8. The number of aryl methyl sites for hydroxylation is 4. The topological polar surface area (TPSA) is 103 Å². The van der Waals surface area contributed by atoms with Crippen molar-refractivity contribution in [1.29, 1.82) is 0 Å². The van der Waals surface area contributed by atoms with E-state index in [1.54, 1.807) is 22.7 Å². The van der Waals surface area contributed by atoms with Crippen molar-refractivity contribution in [3.63, 3.8) is 0 Å². The van der Waals surface area contributed by atoms with E-state index < -0.39 is 0 Å². The fourth-order valence-corrected chi connectivity index (χ4v) is 19.6. The maximum Gasteiger partial charge on any atom is 0.164 e. The Kier molecular flexibility index (Phi) is 20.9. The van der Waals surface area contributed by atoms with E-state index in [0.29, 0.717) is 34.9 Å². The van der Waals surface area contributed by atoms with Crippen LogP contribution >= 0.6 is 22.7 Å². The van der Waals surface area contributed by atoms with Crippen LogP contribution in [0.4, 0.5) is 0 Å². The second kappa shape index (κ2) is 33.9. The van der Waals surface area contributed by atoms with E-state index in [2.05, 4.69) is 426 Å². The molecule has 22 aromatic rings. The molecule has 10 heteroatoms. The summed E-state index contributed by atoms with van der Waals surface area (Å²) in [5, 5.41) is 5.00. The zero-order valence-electron chi connectivity index (χ0n) is 69.7. The molecule has 596 valence electrons. The number of thiophene rings is 2. The molecular formula is C116H80N8S2. The maximum atomic E-state index is 5.21. The van der Waals surface area contributed by atoms with Gasteiger partial charge in [-0.15, -0.1) is 22.7 Å². The van der Waals surface area contributed by atoms with E-state index in [4.69, 9.17) is 39.9 Å². The second-order valence-electron chi connectivity index (χ2n) is 31.8. The molecule has 16 aromatic carbocycles. The first-order valence-electron chi connectivity index (χ1n) is 42.4. The molecule has 0 amide bonds. The third-order valence-electron chi connectivity index (χ3n) is 23.6. The van der Waals surface area contributed by atoms with E-state index in [1.165, 1.54) is 96.0 Å². The van der Waals surface area contributed by atoms with Gasteiger partial charge in [0.05, 0.1) is 0 Å². The van der Waals surface area contributed by atoms with Crippen molar-refractivity contribution in [2.75, 3.05) is 0 Å². The summed E-state index contributed by atoms with van der Waals surface area (Å²) in [7, 11) is 0. The predicted octanol–water partition coefficient (Wildman–Crippen LogP) is 31.2. The molecule has 0 saturated heterocycles. The maximum absolute atomic E-state index is 5.21. The lowest BCUT2D eigenvalue weighted by Gasteiger charge is -2.19. The molecule has 0 N–H and O–H groups in total. The van der Waals surface area contributed by atoms with Gasteiger partial charge in [-0.2, -0.15) is 0 Å². The molecule has 0 spiro atoms. The summed E-state index contributed by atoms with van der Waals surface area (Å²) in [5.74, 6) is 3.73. The fourth-order valence-electron chi connectivity index (χ4n) is 17.3. The van der Waals surface area contributed by atoms with E-state index in [1.807, 2.05) is 13.8 Å². The van der Waals surface area contributed by atoms with Crippen LogP contribution in [-0.2, 0) is 0 Å². The molecule has 22 rings (SSSR count). The zero-order chi connectivity index (χ0) is 84.6. The van der Waals surface area contributed by atoms with Gasteiger partial charge < -0.3 is 0 Å². The number of pyridine rings is 2. The molecular weight excluding hydrogens is 1570 g/mol. The molecule has 0 aliphatic carbocycles. The number of benzene rings is 16. The quantitative estimate of drug-likeness (QED) is 0.0943. The first kappa shape index (κ1) is 77.6. The Morgan fingerprint density at radius 3 is 0.754 bits per heavy atom. The predicted molar refractivity (Wildman–Crippen MR) is 527 cm³/mol. The van der Waals surface area contributed by atoms with Gasteiger partial charge in [-0.1, -0.05) is 346 Å². The molecule has 0 aliphatic rings. The Morgan fingerprint density at radius 1 is 0.151 bits per heavy atom. The van der Waals surface area contributed by atoms with Gasteiger partial charge in [0.15, 0.2) is 34.9 Å². The summed E-state index contributed by atoms with van der Waals surface area (Å²) in [6.45, 7) is 8.17. The van der Waals surface area contributed by atoms with Gasteiger partial charge in [0.2, 0.25) is 0 Å². The minimum Gasteiger partial charge on any atom is -0.258 e. The Labute approximate surface area is 740 Å².